The SMILES string of the molecule is COC(=O)C(Cc1cn(Cc2ccccc2)cn1)NC(=O)C1CCN(c2cccc(OC(F)(F)F)c2)CC1. The molecular formula is C27H29F3N4O4. The van der Waals surface area contributed by atoms with Gasteiger partial charge in [-0.25, -0.2) is 9.78 Å². The fourth-order valence-corrected chi connectivity index (χ4v) is 4.50. The summed E-state index contributed by atoms with van der Waals surface area (Å²) < 4.78 is 48.5. The molecule has 38 heavy (non-hydrogen) atoms. The van der Waals surface area contributed by atoms with Crippen molar-refractivity contribution in [2.75, 3.05) is 25.1 Å². The van der Waals surface area contributed by atoms with Gasteiger partial charge < -0.3 is 24.3 Å². The van der Waals surface area contributed by atoms with Gasteiger partial charge in [0.2, 0.25) is 5.91 Å². The third kappa shape index (κ3) is 7.50. The summed E-state index contributed by atoms with van der Waals surface area (Å²) in [6.45, 7) is 1.58. The smallest absolute Gasteiger partial charge is 0.467 e. The van der Waals surface area contributed by atoms with Crippen molar-refractivity contribution in [1.29, 1.82) is 0 Å². The molecule has 8 nitrogen and oxygen atoms in total. The minimum atomic E-state index is -4.76. The molecule has 202 valence electrons. The topological polar surface area (TPSA) is 85.7 Å². The first kappa shape index (κ1) is 27.0. The standard InChI is InChI=1S/C27H29F3N4O4/c1-37-26(36)24(14-21-17-33(18-31-21)16-19-6-3-2-4-7-19)32-25(35)20-10-12-34(13-11-20)22-8-5-9-23(15-22)38-27(28,29)30/h2-9,15,17-18,20,24H,10-14,16H2,1H3,(H,32,35). The Morgan fingerprint density at radius 2 is 1.84 bits per heavy atom. The summed E-state index contributed by atoms with van der Waals surface area (Å²) in [5.41, 5.74) is 2.34. The Balaban J connectivity index is 1.32. The third-order valence-electron chi connectivity index (χ3n) is 6.39. The molecule has 0 radical (unpaired) electrons. The van der Waals surface area contributed by atoms with Gasteiger partial charge in [0.15, 0.2) is 0 Å². The molecule has 1 fully saturated rings. The van der Waals surface area contributed by atoms with Crippen molar-refractivity contribution in [2.24, 2.45) is 5.92 Å². The monoisotopic (exact) mass is 530 g/mol. The number of methoxy groups -OCH3 is 1. The van der Waals surface area contributed by atoms with Crippen molar-refractivity contribution < 1.29 is 32.2 Å². The van der Waals surface area contributed by atoms with Gasteiger partial charge in [0.05, 0.1) is 19.1 Å². The number of nitrogens with one attached hydrogen (secondary N) is 1. The molecule has 1 N–H and O–H groups in total. The number of carbonyl (C=O) groups excluding carboxylic acids is 2. The zero-order valence-electron chi connectivity index (χ0n) is 20.9. The number of rotatable bonds is 9. The summed E-state index contributed by atoms with van der Waals surface area (Å²) in [6, 6.07) is 14.8. The van der Waals surface area contributed by atoms with Crippen molar-refractivity contribution in [1.82, 2.24) is 14.9 Å². The van der Waals surface area contributed by atoms with Gasteiger partial charge in [-0.15, -0.1) is 13.2 Å². The molecular weight excluding hydrogens is 501 g/mol. The van der Waals surface area contributed by atoms with Gasteiger partial charge in [-0.2, -0.15) is 0 Å². The molecule has 2 aromatic carbocycles. The summed E-state index contributed by atoms with van der Waals surface area (Å²) in [5.74, 6) is -1.46. The molecule has 1 amide bonds. The van der Waals surface area contributed by atoms with Gasteiger partial charge in [-0.1, -0.05) is 36.4 Å². The van der Waals surface area contributed by atoms with Crippen LogP contribution in [0.25, 0.3) is 0 Å². The zero-order chi connectivity index (χ0) is 27.1. The molecule has 1 unspecified atom stereocenters. The summed E-state index contributed by atoms with van der Waals surface area (Å²) in [5, 5.41) is 2.81. The van der Waals surface area contributed by atoms with E-state index in [9.17, 15) is 22.8 Å². The second-order valence-corrected chi connectivity index (χ2v) is 9.12. The van der Waals surface area contributed by atoms with E-state index >= 15 is 0 Å². The molecule has 1 aliphatic rings. The number of aromatic nitrogens is 2. The van der Waals surface area contributed by atoms with E-state index in [1.54, 1.807) is 12.4 Å². The maximum Gasteiger partial charge on any atom is 0.573 e. The quantitative estimate of drug-likeness (QED) is 0.422. The van der Waals surface area contributed by atoms with Crippen molar-refractivity contribution in [3.05, 3.63) is 78.4 Å². The zero-order valence-corrected chi connectivity index (χ0v) is 20.9. The maximum absolute atomic E-state index is 13.0. The highest BCUT2D eigenvalue weighted by Gasteiger charge is 2.32. The molecule has 1 saturated heterocycles. The average molecular weight is 531 g/mol. The second kappa shape index (κ2) is 12.0. The van der Waals surface area contributed by atoms with E-state index in [1.807, 2.05) is 46.0 Å². The van der Waals surface area contributed by atoms with Crippen molar-refractivity contribution in [3.8, 4) is 5.75 Å². The number of piperidine rings is 1. The molecule has 11 heteroatoms. The first-order valence-electron chi connectivity index (χ1n) is 12.2. The van der Waals surface area contributed by atoms with E-state index in [1.165, 1.54) is 25.3 Å². The van der Waals surface area contributed by atoms with Crippen LogP contribution in [-0.4, -0.2) is 54.0 Å². The Hall–Kier alpha value is -4.02. The number of ether oxygens (including phenoxy) is 2. The van der Waals surface area contributed by atoms with Crippen LogP contribution in [0.2, 0.25) is 0 Å². The molecule has 1 aromatic heterocycles. The highest BCUT2D eigenvalue weighted by Crippen LogP contribution is 2.29. The number of hydrogen-bond donors (Lipinski definition) is 1. The minimum Gasteiger partial charge on any atom is -0.467 e. The number of esters is 1. The van der Waals surface area contributed by atoms with Crippen LogP contribution < -0.4 is 15.0 Å². The van der Waals surface area contributed by atoms with E-state index in [-0.39, 0.29) is 24.0 Å². The Labute approximate surface area is 218 Å². The Bertz CT molecular complexity index is 1220. The Morgan fingerprint density at radius 3 is 2.53 bits per heavy atom. The first-order chi connectivity index (χ1) is 18.2. The van der Waals surface area contributed by atoms with E-state index in [0.29, 0.717) is 43.9 Å². The lowest BCUT2D eigenvalue weighted by Gasteiger charge is -2.33. The van der Waals surface area contributed by atoms with Crippen LogP contribution >= 0.6 is 0 Å². The molecule has 4 rings (SSSR count). The highest BCUT2D eigenvalue weighted by molar-refractivity contribution is 5.86. The Morgan fingerprint density at radius 1 is 1.11 bits per heavy atom. The maximum atomic E-state index is 13.0. The van der Waals surface area contributed by atoms with Gasteiger partial charge in [0, 0.05) is 49.9 Å². The fourth-order valence-electron chi connectivity index (χ4n) is 4.50. The van der Waals surface area contributed by atoms with Gasteiger partial charge in [-0.3, -0.25) is 4.79 Å². The highest BCUT2D eigenvalue weighted by atomic mass is 19.4. The lowest BCUT2D eigenvalue weighted by Crippen LogP contribution is -2.48. The number of alkyl halides is 3. The number of hydrogen-bond acceptors (Lipinski definition) is 6. The van der Waals surface area contributed by atoms with Crippen LogP contribution in [0, 0.1) is 5.92 Å². The molecule has 3 aromatic rings. The van der Waals surface area contributed by atoms with Crippen LogP contribution in [0.15, 0.2) is 67.1 Å². The van der Waals surface area contributed by atoms with Crippen LogP contribution in [0.1, 0.15) is 24.1 Å². The molecule has 1 aliphatic heterocycles. The van der Waals surface area contributed by atoms with E-state index in [0.717, 1.165) is 5.56 Å². The predicted octanol–water partition coefficient (Wildman–Crippen LogP) is 3.95. The van der Waals surface area contributed by atoms with Crippen molar-refractivity contribution >= 4 is 17.6 Å². The van der Waals surface area contributed by atoms with E-state index < -0.39 is 18.4 Å². The number of carbonyl (C=O) groups is 2. The predicted molar refractivity (Wildman–Crippen MR) is 133 cm³/mol. The van der Waals surface area contributed by atoms with Crippen LogP contribution in [-0.2, 0) is 27.3 Å². The van der Waals surface area contributed by atoms with Crippen molar-refractivity contribution in [3.63, 3.8) is 0 Å². The average Bonchev–Trinajstić information content (AvgIpc) is 3.34. The number of imidazole rings is 1. The Kier molecular flexibility index (Phi) is 8.55. The molecule has 0 saturated carbocycles. The number of amides is 1. The van der Waals surface area contributed by atoms with Crippen LogP contribution in [0.3, 0.4) is 0 Å². The van der Waals surface area contributed by atoms with Gasteiger partial charge in [-0.05, 0) is 30.5 Å². The molecule has 0 aliphatic carbocycles. The summed E-state index contributed by atoms with van der Waals surface area (Å²) >= 11 is 0. The second-order valence-electron chi connectivity index (χ2n) is 9.12. The third-order valence-corrected chi connectivity index (χ3v) is 6.39. The normalized spacial score (nSPS) is 15.1. The van der Waals surface area contributed by atoms with E-state index in [4.69, 9.17) is 4.74 Å². The number of halogens is 3. The first-order valence-corrected chi connectivity index (χ1v) is 12.2. The van der Waals surface area contributed by atoms with Gasteiger partial charge >= 0.3 is 12.3 Å². The van der Waals surface area contributed by atoms with E-state index in [2.05, 4.69) is 15.0 Å². The minimum absolute atomic E-state index is 0.186. The lowest BCUT2D eigenvalue weighted by atomic mass is 9.95. The summed E-state index contributed by atoms with van der Waals surface area (Å²) in [4.78, 5) is 31.7. The molecule has 2 heterocycles. The fraction of sp³-hybridized carbons (Fsp3) is 0.370. The molecule has 0 bridgehead atoms. The molecule has 0 spiro atoms. The number of nitrogens with zero attached hydrogens (tertiary/aromatic N) is 3. The summed E-state index contributed by atoms with van der Waals surface area (Å²) in [7, 11) is 1.27. The van der Waals surface area contributed by atoms with Crippen LogP contribution in [0.5, 0.6) is 5.75 Å². The molecule has 1 atom stereocenters. The number of benzene rings is 2. The lowest BCUT2D eigenvalue weighted by molar-refractivity contribution is -0.274. The van der Waals surface area contributed by atoms with Crippen LogP contribution in [0.4, 0.5) is 18.9 Å². The largest absolute Gasteiger partial charge is 0.573 e. The van der Waals surface area contributed by atoms with Crippen molar-refractivity contribution in [2.45, 2.75) is 38.2 Å². The summed E-state index contributed by atoms with van der Waals surface area (Å²) in [6.07, 6.45) is -0.0936. The number of anilines is 1. The van der Waals surface area contributed by atoms with Gasteiger partial charge in [0.1, 0.15) is 11.8 Å². The van der Waals surface area contributed by atoms with Gasteiger partial charge in [0.25, 0.3) is 0 Å².